The number of thiophene rings is 1. The molecule has 1 aliphatic rings. The third kappa shape index (κ3) is 5.14. The van der Waals surface area contributed by atoms with E-state index in [4.69, 9.17) is 22.1 Å². The molecular formula is C18H21ClN4O4S. The third-order valence-electron chi connectivity index (χ3n) is 4.14. The second-order valence-electron chi connectivity index (χ2n) is 6.22. The van der Waals surface area contributed by atoms with Crippen LogP contribution in [0.4, 0.5) is 17.1 Å². The standard InChI is InChI=1S/C18H21ClN4O4S/c19-16-4-3-15(28-16)18(26)22-9-12(24)8-21-11-1-2-14(13(20)7-11)23-5-6-27-10-17(23)25/h1-4,7,12,21,24H,5-6,8-10,20H2,(H,22,26). The number of morpholine rings is 1. The number of rotatable bonds is 7. The molecule has 1 aromatic carbocycles. The van der Waals surface area contributed by atoms with Crippen LogP contribution in [0.5, 0.6) is 0 Å². The summed E-state index contributed by atoms with van der Waals surface area (Å²) in [5.41, 5.74) is 7.88. The van der Waals surface area contributed by atoms with Crippen molar-refractivity contribution in [1.82, 2.24) is 5.32 Å². The van der Waals surface area contributed by atoms with Crippen molar-refractivity contribution in [1.29, 1.82) is 0 Å². The van der Waals surface area contributed by atoms with Gasteiger partial charge >= 0.3 is 0 Å². The van der Waals surface area contributed by atoms with Crippen molar-refractivity contribution in [2.45, 2.75) is 6.10 Å². The first-order chi connectivity index (χ1) is 13.4. The van der Waals surface area contributed by atoms with Gasteiger partial charge in [0, 0.05) is 25.3 Å². The van der Waals surface area contributed by atoms with Crippen LogP contribution in [0.3, 0.4) is 0 Å². The van der Waals surface area contributed by atoms with Gasteiger partial charge in [0.25, 0.3) is 11.8 Å². The number of amides is 2. The van der Waals surface area contributed by atoms with Gasteiger partial charge in [-0.3, -0.25) is 9.59 Å². The summed E-state index contributed by atoms with van der Waals surface area (Å²) in [5, 5.41) is 15.8. The summed E-state index contributed by atoms with van der Waals surface area (Å²) in [6, 6.07) is 8.54. The Labute approximate surface area is 171 Å². The molecule has 3 rings (SSSR count). The SMILES string of the molecule is Nc1cc(NCC(O)CNC(=O)c2ccc(Cl)s2)ccc1N1CCOCC1=O. The Balaban J connectivity index is 1.49. The Morgan fingerprint density at radius 3 is 2.86 bits per heavy atom. The van der Waals surface area contributed by atoms with Gasteiger partial charge in [0.2, 0.25) is 0 Å². The molecule has 1 fully saturated rings. The maximum absolute atomic E-state index is 11.9. The van der Waals surface area contributed by atoms with Crippen LogP contribution in [0.25, 0.3) is 0 Å². The Morgan fingerprint density at radius 1 is 1.36 bits per heavy atom. The second-order valence-corrected chi connectivity index (χ2v) is 7.94. The summed E-state index contributed by atoms with van der Waals surface area (Å²) in [7, 11) is 0. The molecular weight excluding hydrogens is 404 g/mol. The number of ether oxygens (including phenoxy) is 1. The van der Waals surface area contributed by atoms with Gasteiger partial charge in [0.05, 0.1) is 33.3 Å². The van der Waals surface area contributed by atoms with Crippen molar-refractivity contribution < 1.29 is 19.4 Å². The zero-order chi connectivity index (χ0) is 20.1. The molecule has 2 amide bonds. The number of anilines is 3. The summed E-state index contributed by atoms with van der Waals surface area (Å²) in [6.07, 6.45) is -0.791. The molecule has 8 nitrogen and oxygen atoms in total. The highest BCUT2D eigenvalue weighted by atomic mass is 35.5. The summed E-state index contributed by atoms with van der Waals surface area (Å²) in [6.45, 7) is 1.30. The molecule has 28 heavy (non-hydrogen) atoms. The van der Waals surface area contributed by atoms with Crippen molar-refractivity contribution in [3.8, 4) is 0 Å². The van der Waals surface area contributed by atoms with Gasteiger partial charge in [0.1, 0.15) is 6.61 Å². The number of aliphatic hydroxyl groups is 1. The van der Waals surface area contributed by atoms with E-state index in [9.17, 15) is 14.7 Å². The zero-order valence-corrected chi connectivity index (χ0v) is 16.6. The molecule has 0 bridgehead atoms. The molecule has 0 saturated carbocycles. The average molecular weight is 425 g/mol. The van der Waals surface area contributed by atoms with Crippen LogP contribution >= 0.6 is 22.9 Å². The number of carbonyl (C=O) groups is 2. The molecule has 0 aliphatic carbocycles. The minimum Gasteiger partial charge on any atom is -0.397 e. The molecule has 10 heteroatoms. The molecule has 2 aromatic rings. The van der Waals surface area contributed by atoms with Gasteiger partial charge in [-0.25, -0.2) is 0 Å². The molecule has 0 radical (unpaired) electrons. The monoisotopic (exact) mass is 424 g/mol. The van der Waals surface area contributed by atoms with Crippen LogP contribution in [-0.4, -0.2) is 55.9 Å². The van der Waals surface area contributed by atoms with E-state index < -0.39 is 6.10 Å². The summed E-state index contributed by atoms with van der Waals surface area (Å²) in [4.78, 5) is 26.0. The summed E-state index contributed by atoms with van der Waals surface area (Å²) < 4.78 is 5.66. The smallest absolute Gasteiger partial charge is 0.261 e. The molecule has 5 N–H and O–H groups in total. The molecule has 1 aliphatic heterocycles. The first kappa shape index (κ1) is 20.4. The Hall–Kier alpha value is -2.33. The number of nitrogen functional groups attached to an aromatic ring is 1. The molecule has 1 atom stereocenters. The summed E-state index contributed by atoms with van der Waals surface area (Å²) in [5.74, 6) is -0.406. The van der Waals surface area contributed by atoms with Crippen molar-refractivity contribution in [3.05, 3.63) is 39.5 Å². The van der Waals surface area contributed by atoms with Crippen LogP contribution in [0.2, 0.25) is 4.34 Å². The lowest BCUT2D eigenvalue weighted by molar-refractivity contribution is -0.125. The van der Waals surface area contributed by atoms with Gasteiger partial charge in [0.15, 0.2) is 0 Å². The molecule has 0 spiro atoms. The van der Waals surface area contributed by atoms with Crippen LogP contribution < -0.4 is 21.3 Å². The largest absolute Gasteiger partial charge is 0.397 e. The van der Waals surface area contributed by atoms with E-state index in [2.05, 4.69) is 10.6 Å². The van der Waals surface area contributed by atoms with Gasteiger partial charge in [-0.1, -0.05) is 11.6 Å². The minimum atomic E-state index is -0.791. The number of nitrogens with zero attached hydrogens (tertiary/aromatic N) is 1. The fourth-order valence-electron chi connectivity index (χ4n) is 2.72. The zero-order valence-electron chi connectivity index (χ0n) is 15.0. The number of hydrogen-bond donors (Lipinski definition) is 4. The quantitative estimate of drug-likeness (QED) is 0.501. The van der Waals surface area contributed by atoms with E-state index in [1.807, 2.05) is 0 Å². The number of nitrogens with one attached hydrogen (secondary N) is 2. The van der Waals surface area contributed by atoms with E-state index in [0.717, 1.165) is 0 Å². The third-order valence-corrected chi connectivity index (χ3v) is 5.37. The average Bonchev–Trinajstić information content (AvgIpc) is 3.12. The topological polar surface area (TPSA) is 117 Å². The molecule has 1 unspecified atom stereocenters. The van der Waals surface area contributed by atoms with E-state index in [1.54, 1.807) is 35.2 Å². The predicted octanol–water partition coefficient (Wildman–Crippen LogP) is 1.55. The Morgan fingerprint density at radius 2 is 2.18 bits per heavy atom. The van der Waals surface area contributed by atoms with E-state index in [-0.39, 0.29) is 31.5 Å². The highest BCUT2D eigenvalue weighted by Crippen LogP contribution is 2.27. The number of hydrogen-bond acceptors (Lipinski definition) is 7. The van der Waals surface area contributed by atoms with Gasteiger partial charge in [-0.15, -0.1) is 11.3 Å². The van der Waals surface area contributed by atoms with E-state index in [0.29, 0.717) is 39.4 Å². The fraction of sp³-hybridized carbons (Fsp3) is 0.333. The van der Waals surface area contributed by atoms with Crippen LogP contribution in [0.15, 0.2) is 30.3 Å². The lowest BCUT2D eigenvalue weighted by Gasteiger charge is -2.28. The maximum Gasteiger partial charge on any atom is 0.261 e. The van der Waals surface area contributed by atoms with Crippen LogP contribution in [-0.2, 0) is 9.53 Å². The maximum atomic E-state index is 11.9. The fourth-order valence-corrected chi connectivity index (χ4v) is 3.68. The van der Waals surface area contributed by atoms with E-state index in [1.165, 1.54) is 11.3 Å². The molecule has 150 valence electrons. The number of halogens is 1. The van der Waals surface area contributed by atoms with Gasteiger partial charge < -0.3 is 31.1 Å². The van der Waals surface area contributed by atoms with Crippen molar-refractivity contribution in [2.75, 3.05) is 48.8 Å². The number of aliphatic hydroxyl groups excluding tert-OH is 1. The molecule has 1 aromatic heterocycles. The number of carbonyl (C=O) groups excluding carboxylic acids is 2. The number of benzene rings is 1. The van der Waals surface area contributed by atoms with Gasteiger partial charge in [-0.2, -0.15) is 0 Å². The van der Waals surface area contributed by atoms with Crippen molar-refractivity contribution in [3.63, 3.8) is 0 Å². The first-order valence-corrected chi connectivity index (χ1v) is 9.86. The first-order valence-electron chi connectivity index (χ1n) is 8.67. The van der Waals surface area contributed by atoms with Gasteiger partial charge in [-0.05, 0) is 30.3 Å². The summed E-state index contributed by atoms with van der Waals surface area (Å²) >= 11 is 6.99. The second kappa shape index (κ2) is 9.24. The highest BCUT2D eigenvalue weighted by molar-refractivity contribution is 7.17. The van der Waals surface area contributed by atoms with Crippen molar-refractivity contribution in [2.24, 2.45) is 0 Å². The lowest BCUT2D eigenvalue weighted by atomic mass is 10.2. The molecule has 1 saturated heterocycles. The van der Waals surface area contributed by atoms with Crippen molar-refractivity contribution >= 4 is 51.8 Å². The molecule has 2 heterocycles. The van der Waals surface area contributed by atoms with E-state index >= 15 is 0 Å². The highest BCUT2D eigenvalue weighted by Gasteiger charge is 2.22. The normalized spacial score (nSPS) is 15.4. The lowest BCUT2D eigenvalue weighted by Crippen LogP contribution is -2.42. The Kier molecular flexibility index (Phi) is 6.74. The van der Waals surface area contributed by atoms with Crippen LogP contribution in [0, 0.1) is 0 Å². The number of nitrogens with two attached hydrogens (primary N) is 1. The Bertz CT molecular complexity index is 860. The minimum absolute atomic E-state index is 0.0506. The predicted molar refractivity (Wildman–Crippen MR) is 110 cm³/mol. The van der Waals surface area contributed by atoms with Crippen LogP contribution in [0.1, 0.15) is 9.67 Å².